The van der Waals surface area contributed by atoms with E-state index in [9.17, 15) is 4.79 Å². The van der Waals surface area contributed by atoms with Gasteiger partial charge < -0.3 is 9.64 Å². The number of para-hydroxylation sites is 1. The van der Waals surface area contributed by atoms with E-state index in [0.29, 0.717) is 13.0 Å². The molecule has 0 atom stereocenters. The molecule has 1 N–H and O–H groups in total. The van der Waals surface area contributed by atoms with Gasteiger partial charge in [0, 0.05) is 29.1 Å². The Kier molecular flexibility index (Phi) is 5.42. The highest BCUT2D eigenvalue weighted by molar-refractivity contribution is 5.51. The molecule has 3 aromatic rings. The number of hydrogen-bond acceptors (Lipinski definition) is 4. The highest BCUT2D eigenvalue weighted by Gasteiger charge is 2.16. The fraction of sp³-hybridized carbons (Fsp3) is 0.400. The van der Waals surface area contributed by atoms with E-state index in [4.69, 9.17) is 9.72 Å². The number of ether oxygens (including phenoxy) is 1. The fourth-order valence-electron chi connectivity index (χ4n) is 3.12. The van der Waals surface area contributed by atoms with Crippen LogP contribution in [0.3, 0.4) is 0 Å². The van der Waals surface area contributed by atoms with Crippen LogP contribution in [0.1, 0.15) is 28.9 Å². The summed E-state index contributed by atoms with van der Waals surface area (Å²) < 4.78 is 7.30. The lowest BCUT2D eigenvalue weighted by atomic mass is 10.1. The third kappa shape index (κ3) is 3.80. The van der Waals surface area contributed by atoms with Gasteiger partial charge in [-0.1, -0.05) is 18.2 Å². The number of H-pyrrole nitrogens is 1. The first kappa shape index (κ1) is 18.2. The van der Waals surface area contributed by atoms with Gasteiger partial charge in [0.05, 0.1) is 6.61 Å². The smallest absolute Gasteiger partial charge is 0.276 e. The summed E-state index contributed by atoms with van der Waals surface area (Å²) in [6.07, 6.45) is 1.41. The molecule has 3 rings (SSSR count). The summed E-state index contributed by atoms with van der Waals surface area (Å²) in [6.45, 7) is 5.21. The number of benzene rings is 1. The van der Waals surface area contributed by atoms with Gasteiger partial charge in [0.15, 0.2) is 5.65 Å². The van der Waals surface area contributed by atoms with Gasteiger partial charge in [0.25, 0.3) is 5.56 Å². The van der Waals surface area contributed by atoms with Gasteiger partial charge in [0.2, 0.25) is 0 Å². The van der Waals surface area contributed by atoms with Crippen molar-refractivity contribution in [3.63, 3.8) is 0 Å². The standard InChI is InChI=1S/C20H26N4O2/c1-14-17(11-8-12-26-16-9-6-5-7-10-16)20(25)24-19(21-14)18(13-23(3)4)15(2)22-24/h5-7,9-10,22H,8,11-13H2,1-4H3. The van der Waals surface area contributed by atoms with Gasteiger partial charge in [-0.15, -0.1) is 0 Å². The number of aryl methyl sites for hydroxylation is 2. The summed E-state index contributed by atoms with van der Waals surface area (Å²) in [5.74, 6) is 0.850. The Balaban J connectivity index is 1.78. The number of nitrogens with zero attached hydrogens (tertiary/aromatic N) is 3. The average molecular weight is 354 g/mol. The first-order valence-electron chi connectivity index (χ1n) is 8.89. The molecule has 0 unspecified atom stereocenters. The molecule has 0 fully saturated rings. The van der Waals surface area contributed by atoms with Crippen LogP contribution in [0.15, 0.2) is 35.1 Å². The quantitative estimate of drug-likeness (QED) is 0.663. The molecule has 6 heteroatoms. The number of fused-ring (bicyclic) bond motifs is 1. The van der Waals surface area contributed by atoms with E-state index < -0.39 is 0 Å². The van der Waals surface area contributed by atoms with Crippen molar-refractivity contribution in [3.05, 3.63) is 63.2 Å². The number of hydrogen-bond donors (Lipinski definition) is 1. The van der Waals surface area contributed by atoms with Crippen molar-refractivity contribution in [1.29, 1.82) is 0 Å². The molecule has 1 aromatic carbocycles. The highest BCUT2D eigenvalue weighted by atomic mass is 16.5. The number of aromatic nitrogens is 3. The van der Waals surface area contributed by atoms with E-state index in [1.54, 1.807) is 4.52 Å². The normalized spacial score (nSPS) is 11.4. The maximum Gasteiger partial charge on any atom is 0.276 e. The molecule has 0 amide bonds. The Bertz CT molecular complexity index is 942. The van der Waals surface area contributed by atoms with E-state index in [1.165, 1.54) is 0 Å². The minimum absolute atomic E-state index is 0.0136. The second kappa shape index (κ2) is 7.74. The lowest BCUT2D eigenvalue weighted by molar-refractivity contribution is 0.310. The Labute approximate surface area is 153 Å². The minimum Gasteiger partial charge on any atom is -0.494 e. The van der Waals surface area contributed by atoms with Crippen LogP contribution in [0.25, 0.3) is 5.65 Å². The maximum atomic E-state index is 12.9. The molecule has 2 heterocycles. The van der Waals surface area contributed by atoms with E-state index in [2.05, 4.69) is 10.00 Å². The van der Waals surface area contributed by atoms with E-state index in [-0.39, 0.29) is 5.56 Å². The monoisotopic (exact) mass is 354 g/mol. The Morgan fingerprint density at radius 1 is 1.15 bits per heavy atom. The van der Waals surface area contributed by atoms with E-state index >= 15 is 0 Å². The van der Waals surface area contributed by atoms with Crippen molar-refractivity contribution in [2.75, 3.05) is 20.7 Å². The highest BCUT2D eigenvalue weighted by Crippen LogP contribution is 2.16. The van der Waals surface area contributed by atoms with Crippen molar-refractivity contribution in [3.8, 4) is 5.75 Å². The largest absolute Gasteiger partial charge is 0.494 e. The van der Waals surface area contributed by atoms with Crippen molar-refractivity contribution in [2.45, 2.75) is 33.2 Å². The number of aromatic amines is 1. The van der Waals surface area contributed by atoms with Crippen molar-refractivity contribution in [1.82, 2.24) is 19.5 Å². The SMILES string of the molecule is Cc1nc2c(CN(C)C)c(C)[nH]n2c(=O)c1CCCOc1ccccc1. The Morgan fingerprint density at radius 3 is 2.58 bits per heavy atom. The maximum absolute atomic E-state index is 12.9. The predicted octanol–water partition coefficient (Wildman–Crippen LogP) is 2.71. The summed E-state index contributed by atoms with van der Waals surface area (Å²) >= 11 is 0. The summed E-state index contributed by atoms with van der Waals surface area (Å²) in [7, 11) is 4.02. The van der Waals surface area contributed by atoms with Crippen molar-refractivity contribution in [2.24, 2.45) is 0 Å². The van der Waals surface area contributed by atoms with Crippen LogP contribution in [0.4, 0.5) is 0 Å². The number of rotatable bonds is 7. The molecule has 2 aromatic heterocycles. The Morgan fingerprint density at radius 2 is 1.88 bits per heavy atom. The van der Waals surface area contributed by atoms with E-state index in [0.717, 1.165) is 46.9 Å². The molecule has 26 heavy (non-hydrogen) atoms. The molecular formula is C20H26N4O2. The van der Waals surface area contributed by atoms with Crippen LogP contribution < -0.4 is 10.3 Å². The van der Waals surface area contributed by atoms with Gasteiger partial charge >= 0.3 is 0 Å². The van der Waals surface area contributed by atoms with Crippen LogP contribution in [-0.2, 0) is 13.0 Å². The zero-order valence-corrected chi connectivity index (χ0v) is 15.9. The zero-order chi connectivity index (χ0) is 18.7. The van der Waals surface area contributed by atoms with Crippen LogP contribution >= 0.6 is 0 Å². The topological polar surface area (TPSA) is 62.6 Å². The van der Waals surface area contributed by atoms with E-state index in [1.807, 2.05) is 58.3 Å². The van der Waals surface area contributed by atoms with Crippen LogP contribution in [0, 0.1) is 13.8 Å². The van der Waals surface area contributed by atoms with Crippen LogP contribution in [-0.4, -0.2) is 40.2 Å². The molecule has 138 valence electrons. The molecule has 0 radical (unpaired) electrons. The summed E-state index contributed by atoms with van der Waals surface area (Å²) in [5.41, 5.74) is 4.30. The predicted molar refractivity (Wildman–Crippen MR) is 103 cm³/mol. The van der Waals surface area contributed by atoms with Gasteiger partial charge in [-0.25, -0.2) is 9.50 Å². The molecular weight excluding hydrogens is 328 g/mol. The Hall–Kier alpha value is -2.60. The molecule has 6 nitrogen and oxygen atoms in total. The summed E-state index contributed by atoms with van der Waals surface area (Å²) in [4.78, 5) is 19.7. The average Bonchev–Trinajstić information content (AvgIpc) is 2.91. The first-order valence-corrected chi connectivity index (χ1v) is 8.89. The third-order valence-electron chi connectivity index (χ3n) is 4.44. The van der Waals surface area contributed by atoms with Crippen LogP contribution in [0.2, 0.25) is 0 Å². The second-order valence-electron chi connectivity index (χ2n) is 6.86. The molecule has 0 spiro atoms. The van der Waals surface area contributed by atoms with Gasteiger partial charge in [-0.05, 0) is 52.9 Å². The zero-order valence-electron chi connectivity index (χ0n) is 15.9. The lowest BCUT2D eigenvalue weighted by Gasteiger charge is -2.10. The van der Waals surface area contributed by atoms with Crippen LogP contribution in [0.5, 0.6) is 5.75 Å². The molecule has 0 aliphatic carbocycles. The van der Waals surface area contributed by atoms with Gasteiger partial charge in [-0.2, -0.15) is 0 Å². The fourth-order valence-corrected chi connectivity index (χ4v) is 3.12. The number of nitrogens with one attached hydrogen (secondary N) is 1. The lowest BCUT2D eigenvalue weighted by Crippen LogP contribution is -2.23. The second-order valence-corrected chi connectivity index (χ2v) is 6.86. The molecule has 0 aliphatic heterocycles. The first-order chi connectivity index (χ1) is 12.5. The summed E-state index contributed by atoms with van der Waals surface area (Å²) in [6, 6.07) is 9.72. The van der Waals surface area contributed by atoms with Crippen molar-refractivity contribution < 1.29 is 4.74 Å². The molecule has 0 bridgehead atoms. The van der Waals surface area contributed by atoms with Crippen molar-refractivity contribution >= 4 is 5.65 Å². The molecule has 0 saturated carbocycles. The summed E-state index contributed by atoms with van der Waals surface area (Å²) in [5, 5.41) is 3.17. The molecule has 0 saturated heterocycles. The molecule has 0 aliphatic rings. The van der Waals surface area contributed by atoms with Gasteiger partial charge in [-0.3, -0.25) is 9.89 Å². The van der Waals surface area contributed by atoms with Gasteiger partial charge in [0.1, 0.15) is 5.75 Å². The third-order valence-corrected chi connectivity index (χ3v) is 4.44. The minimum atomic E-state index is -0.0136.